The van der Waals surface area contributed by atoms with Crippen LogP contribution < -0.4 is 10.2 Å². The average molecular weight is 521 g/mol. The van der Waals surface area contributed by atoms with Gasteiger partial charge in [0.25, 0.3) is 5.91 Å². The van der Waals surface area contributed by atoms with E-state index in [4.69, 9.17) is 0 Å². The lowest BCUT2D eigenvalue weighted by Gasteiger charge is -2.37. The molecule has 0 aromatic heterocycles. The number of carbonyl (C=O) groups excluding carboxylic acids is 2. The smallest absolute Gasteiger partial charge is 0.258 e. The summed E-state index contributed by atoms with van der Waals surface area (Å²) in [5.41, 5.74) is 1.52. The van der Waals surface area contributed by atoms with E-state index in [2.05, 4.69) is 5.32 Å². The Labute approximate surface area is 218 Å². The number of para-hydroxylation sites is 1. The molecule has 37 heavy (non-hydrogen) atoms. The summed E-state index contributed by atoms with van der Waals surface area (Å²) in [7, 11) is -3.28. The summed E-state index contributed by atoms with van der Waals surface area (Å²) in [5, 5.41) is 12.7. The van der Waals surface area contributed by atoms with Crippen LogP contribution in [0.5, 0.6) is 0 Å². The van der Waals surface area contributed by atoms with Crippen LogP contribution in [0.3, 0.4) is 0 Å². The minimum absolute atomic E-state index is 0.0934. The molecule has 2 amide bonds. The van der Waals surface area contributed by atoms with Crippen molar-refractivity contribution in [2.75, 3.05) is 22.6 Å². The van der Waals surface area contributed by atoms with Crippen LogP contribution in [0.15, 0.2) is 83.8 Å². The molecule has 7 nitrogen and oxygen atoms in total. The van der Waals surface area contributed by atoms with Gasteiger partial charge >= 0.3 is 0 Å². The predicted octanol–water partition coefficient (Wildman–Crippen LogP) is 4.47. The summed E-state index contributed by atoms with van der Waals surface area (Å²) in [5.74, 6) is -0.0501. The van der Waals surface area contributed by atoms with Gasteiger partial charge in [-0.2, -0.15) is 0 Å². The van der Waals surface area contributed by atoms with Gasteiger partial charge in [-0.25, -0.2) is 8.42 Å². The van der Waals surface area contributed by atoms with Gasteiger partial charge in [0.15, 0.2) is 9.84 Å². The van der Waals surface area contributed by atoms with Gasteiger partial charge in [0, 0.05) is 16.9 Å². The zero-order valence-corrected chi connectivity index (χ0v) is 21.9. The Kier molecular flexibility index (Phi) is 7.80. The number of hydrogen-bond donors (Lipinski definition) is 2. The largest absolute Gasteiger partial charge is 0.394 e. The van der Waals surface area contributed by atoms with E-state index in [0.717, 1.165) is 12.8 Å². The first-order valence-corrected chi connectivity index (χ1v) is 14.0. The zero-order valence-electron chi connectivity index (χ0n) is 21.1. The number of rotatable bonds is 10. The van der Waals surface area contributed by atoms with Crippen LogP contribution in [0.4, 0.5) is 11.4 Å². The van der Waals surface area contributed by atoms with E-state index in [1.165, 1.54) is 0 Å². The molecule has 0 atom stereocenters. The number of aliphatic hydroxyl groups excluding tert-OH is 1. The number of aliphatic hydroxyl groups is 1. The number of nitrogens with zero attached hydrogens (tertiary/aromatic N) is 1. The Morgan fingerprint density at radius 2 is 1.57 bits per heavy atom. The van der Waals surface area contributed by atoms with Crippen molar-refractivity contribution in [3.8, 4) is 0 Å². The molecule has 3 aromatic rings. The summed E-state index contributed by atoms with van der Waals surface area (Å²) in [6, 6.07) is 22.2. The number of hydrogen-bond acceptors (Lipinski definition) is 5. The van der Waals surface area contributed by atoms with Gasteiger partial charge in [-0.3, -0.25) is 9.59 Å². The lowest BCUT2D eigenvalue weighted by molar-refractivity contribution is -0.115. The van der Waals surface area contributed by atoms with Gasteiger partial charge in [0.2, 0.25) is 5.91 Å². The van der Waals surface area contributed by atoms with E-state index in [1.807, 2.05) is 30.3 Å². The number of anilines is 2. The highest BCUT2D eigenvalue weighted by atomic mass is 32.2. The molecule has 0 saturated heterocycles. The number of benzene rings is 3. The quantitative estimate of drug-likeness (QED) is 0.411. The van der Waals surface area contributed by atoms with Crippen molar-refractivity contribution in [1.29, 1.82) is 0 Å². The maximum Gasteiger partial charge on any atom is 0.258 e. The van der Waals surface area contributed by atoms with E-state index < -0.39 is 15.4 Å². The molecule has 8 heteroatoms. The van der Waals surface area contributed by atoms with Crippen LogP contribution >= 0.6 is 0 Å². The molecule has 0 aliphatic heterocycles. The second-order valence-electron chi connectivity index (χ2n) is 10.1. The third-order valence-electron chi connectivity index (χ3n) is 6.42. The van der Waals surface area contributed by atoms with E-state index in [1.54, 1.807) is 67.3 Å². The molecular weight excluding hydrogens is 488 g/mol. The Morgan fingerprint density at radius 1 is 0.946 bits per heavy atom. The molecule has 2 N–H and O–H groups in total. The van der Waals surface area contributed by atoms with Gasteiger partial charge in [-0.05, 0) is 86.7 Å². The van der Waals surface area contributed by atoms with Gasteiger partial charge in [-0.15, -0.1) is 0 Å². The summed E-state index contributed by atoms with van der Waals surface area (Å²) in [6.07, 6.45) is 2.03. The Bertz CT molecular complexity index is 1350. The first-order valence-electron chi connectivity index (χ1n) is 12.3. The molecular formula is C29H32N2O5S. The van der Waals surface area contributed by atoms with Crippen LogP contribution in [-0.2, 0) is 21.1 Å². The minimum Gasteiger partial charge on any atom is -0.394 e. The van der Waals surface area contributed by atoms with Crippen molar-refractivity contribution in [3.63, 3.8) is 0 Å². The highest BCUT2D eigenvalue weighted by Crippen LogP contribution is 2.32. The lowest BCUT2D eigenvalue weighted by Crippen LogP contribution is -2.50. The lowest BCUT2D eigenvalue weighted by atomic mass is 10.0. The summed E-state index contributed by atoms with van der Waals surface area (Å²) < 4.78 is 24.8. The average Bonchev–Trinajstić information content (AvgIpc) is 3.68. The van der Waals surface area contributed by atoms with Gasteiger partial charge in [0.05, 0.1) is 29.2 Å². The van der Waals surface area contributed by atoms with Crippen molar-refractivity contribution in [1.82, 2.24) is 0 Å². The predicted molar refractivity (Wildman–Crippen MR) is 144 cm³/mol. The monoisotopic (exact) mass is 520 g/mol. The zero-order chi connectivity index (χ0) is 26.6. The van der Waals surface area contributed by atoms with Crippen molar-refractivity contribution in [2.45, 2.75) is 43.5 Å². The maximum absolute atomic E-state index is 13.4. The first-order chi connectivity index (χ1) is 17.6. The fourth-order valence-corrected chi connectivity index (χ4v) is 5.81. The number of carbonyl (C=O) groups is 2. The van der Waals surface area contributed by atoms with E-state index in [-0.39, 0.29) is 41.4 Å². The summed E-state index contributed by atoms with van der Waals surface area (Å²) in [6.45, 7) is 3.37. The van der Waals surface area contributed by atoms with E-state index in [9.17, 15) is 23.1 Å². The summed E-state index contributed by atoms with van der Waals surface area (Å²) in [4.78, 5) is 27.8. The molecule has 1 aliphatic rings. The van der Waals surface area contributed by atoms with Crippen LogP contribution in [0.1, 0.15) is 42.6 Å². The molecule has 1 saturated carbocycles. The molecule has 4 rings (SSSR count). The van der Waals surface area contributed by atoms with Crippen LogP contribution in [0, 0.1) is 5.92 Å². The highest BCUT2D eigenvalue weighted by Gasteiger charge is 2.32. The van der Waals surface area contributed by atoms with Gasteiger partial charge in [-0.1, -0.05) is 30.3 Å². The Hall–Kier alpha value is -3.49. The number of amides is 2. The van der Waals surface area contributed by atoms with Crippen molar-refractivity contribution in [3.05, 3.63) is 90.0 Å². The van der Waals surface area contributed by atoms with Crippen molar-refractivity contribution < 1.29 is 23.1 Å². The molecule has 0 spiro atoms. The SMILES string of the molecule is CC(C)(CO)N(C(=O)c1ccc(NC(=O)Cc2ccc(S(=O)(=O)CC3CC3)cc2)cc1)c1ccccc1. The highest BCUT2D eigenvalue weighted by molar-refractivity contribution is 7.91. The third kappa shape index (κ3) is 6.64. The van der Waals surface area contributed by atoms with Crippen LogP contribution in [0.25, 0.3) is 0 Å². The molecule has 0 bridgehead atoms. The van der Waals surface area contributed by atoms with Crippen LogP contribution in [-0.4, -0.2) is 43.2 Å². The maximum atomic E-state index is 13.4. The Morgan fingerprint density at radius 3 is 2.14 bits per heavy atom. The Balaban J connectivity index is 1.40. The standard InChI is InChI=1S/C29H32N2O5S/c1-29(2,20-32)31(25-6-4-3-5-7-25)28(34)23-12-14-24(15-13-23)30-27(33)18-21-10-16-26(17-11-21)37(35,36)19-22-8-9-22/h3-7,10-17,22,32H,8-9,18-20H2,1-2H3,(H,30,33). The number of nitrogens with one attached hydrogen (secondary N) is 1. The van der Waals surface area contributed by atoms with Crippen molar-refractivity contribution in [2.24, 2.45) is 5.92 Å². The topological polar surface area (TPSA) is 104 Å². The molecule has 194 valence electrons. The third-order valence-corrected chi connectivity index (χ3v) is 8.33. The second kappa shape index (κ2) is 10.9. The molecule has 1 aliphatic carbocycles. The fraction of sp³-hybridized carbons (Fsp3) is 0.310. The molecule has 0 radical (unpaired) electrons. The van der Waals surface area contributed by atoms with Gasteiger partial charge < -0.3 is 15.3 Å². The van der Waals surface area contributed by atoms with Gasteiger partial charge in [0.1, 0.15) is 0 Å². The minimum atomic E-state index is -3.28. The van der Waals surface area contributed by atoms with E-state index in [0.29, 0.717) is 22.5 Å². The summed E-state index contributed by atoms with van der Waals surface area (Å²) >= 11 is 0. The fourth-order valence-electron chi connectivity index (χ4n) is 4.11. The molecule has 0 unspecified atom stereocenters. The normalized spacial score (nSPS) is 13.7. The first kappa shape index (κ1) is 26.6. The number of sulfone groups is 1. The van der Waals surface area contributed by atoms with E-state index >= 15 is 0 Å². The molecule has 1 fully saturated rings. The second-order valence-corrected chi connectivity index (χ2v) is 12.2. The molecule has 0 heterocycles. The van der Waals surface area contributed by atoms with Crippen molar-refractivity contribution >= 4 is 33.0 Å². The van der Waals surface area contributed by atoms with Crippen LogP contribution in [0.2, 0.25) is 0 Å². The molecule has 3 aromatic carbocycles.